The molecule has 114 valence electrons. The first-order valence-corrected chi connectivity index (χ1v) is 8.09. The van der Waals surface area contributed by atoms with Crippen LogP contribution < -0.4 is 10.3 Å². The maximum atomic E-state index is 12.4. The Balaban J connectivity index is 2.19. The highest BCUT2D eigenvalue weighted by Crippen LogP contribution is 2.55. The highest BCUT2D eigenvalue weighted by atomic mass is 79.9. The Morgan fingerprint density at radius 2 is 2.33 bits per heavy atom. The van der Waals surface area contributed by atoms with Crippen LogP contribution in [0.1, 0.15) is 5.56 Å². The molecular weight excluding hydrogens is 365 g/mol. The van der Waals surface area contributed by atoms with Crippen LogP contribution in [0, 0.1) is 0 Å². The average molecular weight is 378 g/mol. The van der Waals surface area contributed by atoms with E-state index in [0.717, 1.165) is 14.9 Å². The lowest BCUT2D eigenvalue weighted by Crippen LogP contribution is -2.37. The number of aliphatic carboxylic acids is 1. The van der Waals surface area contributed by atoms with Gasteiger partial charge in [-0.05, 0) is 18.2 Å². The summed E-state index contributed by atoms with van der Waals surface area (Å²) in [6.07, 6.45) is 0. The minimum absolute atomic E-state index is 0.0610. The highest BCUT2D eigenvalue weighted by molar-refractivity contribution is 9.10. The minimum atomic E-state index is -3.80. The smallest absolute Gasteiger partial charge is 0.480 e. The molecule has 1 unspecified atom stereocenters. The second kappa shape index (κ2) is 6.05. The number of carbonyl (C=O) groups is 1. The van der Waals surface area contributed by atoms with Gasteiger partial charge in [-0.15, -0.1) is 4.76 Å². The molecule has 1 aliphatic rings. The van der Waals surface area contributed by atoms with Crippen LogP contribution in [-0.4, -0.2) is 35.5 Å². The van der Waals surface area contributed by atoms with Gasteiger partial charge in [-0.25, -0.2) is 4.57 Å². The largest absolute Gasteiger partial charge is 0.511 e. The SMILES string of the molecule is CN(CC(=O)O)/C(N)=N\P1(=O)OCc2cc(Br)ccc2O1. The van der Waals surface area contributed by atoms with Crippen molar-refractivity contribution in [3.63, 3.8) is 0 Å². The van der Waals surface area contributed by atoms with Gasteiger partial charge in [0.05, 0.1) is 6.61 Å². The molecule has 10 heteroatoms. The maximum absolute atomic E-state index is 12.4. The summed E-state index contributed by atoms with van der Waals surface area (Å²) in [7, 11) is -2.39. The fraction of sp³-hybridized carbons (Fsp3) is 0.273. The van der Waals surface area contributed by atoms with Gasteiger partial charge >= 0.3 is 13.7 Å². The summed E-state index contributed by atoms with van der Waals surface area (Å²) in [6, 6.07) is 5.15. The van der Waals surface area contributed by atoms with Crippen LogP contribution in [0.2, 0.25) is 0 Å². The molecule has 0 radical (unpaired) electrons. The summed E-state index contributed by atoms with van der Waals surface area (Å²) >= 11 is 3.31. The van der Waals surface area contributed by atoms with E-state index in [0.29, 0.717) is 5.75 Å². The number of carboxylic acid groups (broad SMARTS) is 1. The van der Waals surface area contributed by atoms with E-state index in [1.807, 2.05) is 0 Å². The van der Waals surface area contributed by atoms with Gasteiger partial charge in [0.25, 0.3) is 0 Å². The summed E-state index contributed by atoms with van der Waals surface area (Å²) in [4.78, 5) is 11.7. The van der Waals surface area contributed by atoms with Crippen molar-refractivity contribution in [2.24, 2.45) is 10.5 Å². The van der Waals surface area contributed by atoms with E-state index in [4.69, 9.17) is 19.9 Å². The molecule has 1 heterocycles. The molecule has 0 aromatic heterocycles. The van der Waals surface area contributed by atoms with Gasteiger partial charge in [0.1, 0.15) is 12.3 Å². The number of hydrogen-bond acceptors (Lipinski definition) is 4. The Kier molecular flexibility index (Phi) is 4.55. The van der Waals surface area contributed by atoms with Crippen molar-refractivity contribution in [1.82, 2.24) is 4.90 Å². The van der Waals surface area contributed by atoms with Crippen molar-refractivity contribution in [2.45, 2.75) is 6.61 Å². The fourth-order valence-electron chi connectivity index (χ4n) is 1.59. The first-order valence-electron chi connectivity index (χ1n) is 5.80. The molecule has 0 saturated carbocycles. The number of nitrogens with zero attached hydrogens (tertiary/aromatic N) is 2. The van der Waals surface area contributed by atoms with Gasteiger partial charge in [-0.3, -0.25) is 9.32 Å². The second-order valence-electron chi connectivity index (χ2n) is 4.29. The van der Waals surface area contributed by atoms with Crippen LogP contribution in [0.15, 0.2) is 27.4 Å². The van der Waals surface area contributed by atoms with Crippen LogP contribution in [0.25, 0.3) is 0 Å². The Bertz CT molecular complexity index is 651. The number of likely N-dealkylation sites (N-methyl/N-ethyl adjacent to an activating group) is 1. The summed E-state index contributed by atoms with van der Waals surface area (Å²) in [5.74, 6) is -0.930. The van der Waals surface area contributed by atoms with Crippen LogP contribution in [0.3, 0.4) is 0 Å². The Morgan fingerprint density at radius 1 is 1.62 bits per heavy atom. The third-order valence-corrected chi connectivity index (χ3v) is 4.43. The molecule has 8 nitrogen and oxygen atoms in total. The van der Waals surface area contributed by atoms with E-state index in [1.54, 1.807) is 18.2 Å². The van der Waals surface area contributed by atoms with E-state index in [1.165, 1.54) is 7.05 Å². The molecule has 1 aromatic rings. The number of guanidine groups is 1. The van der Waals surface area contributed by atoms with Gasteiger partial charge in [0, 0.05) is 17.1 Å². The number of fused-ring (bicyclic) bond motifs is 1. The zero-order valence-electron chi connectivity index (χ0n) is 11.0. The Labute approximate surface area is 129 Å². The highest BCUT2D eigenvalue weighted by Gasteiger charge is 2.33. The van der Waals surface area contributed by atoms with Crippen molar-refractivity contribution in [3.8, 4) is 5.75 Å². The molecule has 0 spiro atoms. The number of nitrogens with two attached hydrogens (primary N) is 1. The molecule has 1 aromatic carbocycles. The monoisotopic (exact) mass is 377 g/mol. The number of rotatable bonds is 3. The first-order chi connectivity index (χ1) is 9.79. The quantitative estimate of drug-likeness (QED) is 0.468. The zero-order chi connectivity index (χ0) is 15.6. The van der Waals surface area contributed by atoms with Crippen molar-refractivity contribution < 1.29 is 23.5 Å². The lowest BCUT2D eigenvalue weighted by molar-refractivity contribution is -0.137. The first kappa shape index (κ1) is 15.8. The molecule has 1 aliphatic heterocycles. The number of hydrogen-bond donors (Lipinski definition) is 2. The Hall–Kier alpha value is -1.57. The topological polar surface area (TPSA) is 114 Å². The van der Waals surface area contributed by atoms with Crippen LogP contribution in [0.5, 0.6) is 5.75 Å². The standard InChI is InChI=1S/C11H13BrN3O5P/c1-15(5-10(16)17)11(13)14-21(18)19-6-7-4-8(12)2-3-9(7)20-21/h2-4H,5-6H2,1H3,(H,16,17)(H2,13,14,18). The van der Waals surface area contributed by atoms with E-state index in [-0.39, 0.29) is 19.1 Å². The second-order valence-corrected chi connectivity index (χ2v) is 6.79. The van der Waals surface area contributed by atoms with Gasteiger partial charge in [-0.2, -0.15) is 0 Å². The van der Waals surface area contributed by atoms with E-state index in [9.17, 15) is 9.36 Å². The maximum Gasteiger partial charge on any atom is 0.511 e. The number of halogens is 1. The summed E-state index contributed by atoms with van der Waals surface area (Å²) in [5, 5.41) is 8.67. The zero-order valence-corrected chi connectivity index (χ0v) is 13.5. The molecule has 3 N–H and O–H groups in total. The molecule has 0 amide bonds. The van der Waals surface area contributed by atoms with Gasteiger partial charge < -0.3 is 20.3 Å². The van der Waals surface area contributed by atoms with E-state index in [2.05, 4.69) is 20.7 Å². The van der Waals surface area contributed by atoms with Gasteiger partial charge in [0.15, 0.2) is 0 Å². The van der Waals surface area contributed by atoms with Crippen molar-refractivity contribution in [1.29, 1.82) is 0 Å². The lowest BCUT2D eigenvalue weighted by Gasteiger charge is -2.24. The third kappa shape index (κ3) is 3.96. The lowest BCUT2D eigenvalue weighted by atomic mass is 10.2. The van der Waals surface area contributed by atoms with Gasteiger partial charge in [0.2, 0.25) is 5.96 Å². The predicted octanol–water partition coefficient (Wildman–Crippen LogP) is 1.80. The molecule has 1 atom stereocenters. The van der Waals surface area contributed by atoms with E-state index >= 15 is 0 Å². The molecule has 0 saturated heterocycles. The fourth-order valence-corrected chi connectivity index (χ4v) is 3.28. The molecular formula is C11H13BrN3O5P. The normalized spacial score (nSPS) is 21.3. The third-order valence-electron chi connectivity index (χ3n) is 2.61. The predicted molar refractivity (Wildman–Crippen MR) is 79.1 cm³/mol. The van der Waals surface area contributed by atoms with Crippen LogP contribution in [-0.2, 0) is 20.5 Å². The van der Waals surface area contributed by atoms with Gasteiger partial charge in [-0.1, -0.05) is 15.9 Å². The molecule has 0 fully saturated rings. The summed E-state index contributed by atoms with van der Waals surface area (Å²) < 4.78 is 27.3. The van der Waals surface area contributed by atoms with E-state index < -0.39 is 13.7 Å². The molecule has 2 rings (SSSR count). The Morgan fingerprint density at radius 3 is 3.00 bits per heavy atom. The average Bonchev–Trinajstić information content (AvgIpc) is 2.38. The van der Waals surface area contributed by atoms with Crippen LogP contribution >= 0.6 is 23.7 Å². The van der Waals surface area contributed by atoms with Crippen molar-refractivity contribution >= 4 is 35.6 Å². The molecule has 0 bridgehead atoms. The molecule has 0 aliphatic carbocycles. The van der Waals surface area contributed by atoms with Crippen molar-refractivity contribution in [3.05, 3.63) is 28.2 Å². The molecule has 21 heavy (non-hydrogen) atoms. The van der Waals surface area contributed by atoms with Crippen molar-refractivity contribution in [2.75, 3.05) is 13.6 Å². The summed E-state index contributed by atoms with van der Waals surface area (Å²) in [6.45, 7) is -0.315. The minimum Gasteiger partial charge on any atom is -0.480 e. The number of benzene rings is 1. The summed E-state index contributed by atoms with van der Waals surface area (Å²) in [5.41, 5.74) is 6.32. The number of carboxylic acids is 1. The van der Waals surface area contributed by atoms with Crippen LogP contribution in [0.4, 0.5) is 0 Å².